The Kier molecular flexibility index (Phi) is 3.99. The number of halogens is 1. The lowest BCUT2D eigenvalue weighted by atomic mass is 10.1. The van der Waals surface area contributed by atoms with Gasteiger partial charge >= 0.3 is 0 Å². The standard InChI is InChI=1S/C16H15ClN4/c1-18-10-15-14(17)7-8-16(20-15)21-11-13(9-19-21)12-5-3-2-4-6-12/h2-9,11,18H,10H2,1H3. The Morgan fingerprint density at radius 1 is 1.10 bits per heavy atom. The summed E-state index contributed by atoms with van der Waals surface area (Å²) >= 11 is 6.13. The van der Waals surface area contributed by atoms with Gasteiger partial charge in [-0.2, -0.15) is 5.10 Å². The molecule has 21 heavy (non-hydrogen) atoms. The van der Waals surface area contributed by atoms with Gasteiger partial charge in [0.15, 0.2) is 5.82 Å². The molecule has 0 unspecified atom stereocenters. The summed E-state index contributed by atoms with van der Waals surface area (Å²) in [6.45, 7) is 0.624. The largest absolute Gasteiger partial charge is 0.314 e. The highest BCUT2D eigenvalue weighted by molar-refractivity contribution is 6.31. The third-order valence-corrected chi connectivity index (χ3v) is 3.52. The third-order valence-electron chi connectivity index (χ3n) is 3.17. The van der Waals surface area contributed by atoms with Gasteiger partial charge in [-0.1, -0.05) is 41.9 Å². The first-order valence-corrected chi connectivity index (χ1v) is 7.06. The molecule has 0 saturated carbocycles. The van der Waals surface area contributed by atoms with Crippen LogP contribution in [0.4, 0.5) is 0 Å². The van der Waals surface area contributed by atoms with Gasteiger partial charge in [0.2, 0.25) is 0 Å². The zero-order valence-corrected chi connectivity index (χ0v) is 12.4. The van der Waals surface area contributed by atoms with Gasteiger partial charge in [-0.05, 0) is 24.7 Å². The van der Waals surface area contributed by atoms with Crippen molar-refractivity contribution in [2.75, 3.05) is 7.05 Å². The Morgan fingerprint density at radius 3 is 2.67 bits per heavy atom. The summed E-state index contributed by atoms with van der Waals surface area (Å²) in [6.07, 6.45) is 3.80. The van der Waals surface area contributed by atoms with Gasteiger partial charge in [-0.25, -0.2) is 9.67 Å². The van der Waals surface area contributed by atoms with Gasteiger partial charge in [-0.15, -0.1) is 0 Å². The fourth-order valence-electron chi connectivity index (χ4n) is 2.12. The minimum atomic E-state index is 0.624. The van der Waals surface area contributed by atoms with E-state index in [2.05, 4.69) is 27.5 Å². The van der Waals surface area contributed by atoms with E-state index in [1.54, 1.807) is 4.68 Å². The van der Waals surface area contributed by atoms with Crippen molar-refractivity contribution >= 4 is 11.6 Å². The number of benzene rings is 1. The first-order chi connectivity index (χ1) is 10.3. The maximum atomic E-state index is 6.13. The number of nitrogens with zero attached hydrogens (tertiary/aromatic N) is 3. The van der Waals surface area contributed by atoms with Crippen LogP contribution in [0, 0.1) is 0 Å². The Morgan fingerprint density at radius 2 is 1.90 bits per heavy atom. The number of hydrogen-bond acceptors (Lipinski definition) is 3. The molecule has 106 valence electrons. The van der Waals surface area contributed by atoms with Crippen molar-refractivity contribution in [1.29, 1.82) is 0 Å². The van der Waals surface area contributed by atoms with E-state index in [0.717, 1.165) is 22.6 Å². The van der Waals surface area contributed by atoms with E-state index in [1.807, 2.05) is 49.8 Å². The molecule has 3 rings (SSSR count). The molecule has 0 bridgehead atoms. The highest BCUT2D eigenvalue weighted by atomic mass is 35.5. The molecular weight excluding hydrogens is 284 g/mol. The number of hydrogen-bond donors (Lipinski definition) is 1. The Balaban J connectivity index is 1.95. The van der Waals surface area contributed by atoms with E-state index in [0.29, 0.717) is 11.6 Å². The summed E-state index contributed by atoms with van der Waals surface area (Å²) in [5, 5.41) is 8.10. The zero-order chi connectivity index (χ0) is 14.7. The Labute approximate surface area is 128 Å². The van der Waals surface area contributed by atoms with Crippen LogP contribution in [0.5, 0.6) is 0 Å². The van der Waals surface area contributed by atoms with E-state index in [9.17, 15) is 0 Å². The monoisotopic (exact) mass is 298 g/mol. The fraction of sp³-hybridized carbons (Fsp3) is 0.125. The average molecular weight is 299 g/mol. The summed E-state index contributed by atoms with van der Waals surface area (Å²) in [4.78, 5) is 4.55. The van der Waals surface area contributed by atoms with E-state index in [-0.39, 0.29) is 0 Å². The first-order valence-electron chi connectivity index (χ1n) is 6.68. The molecule has 0 aliphatic rings. The van der Waals surface area contributed by atoms with Crippen LogP contribution < -0.4 is 5.32 Å². The lowest BCUT2D eigenvalue weighted by Gasteiger charge is -2.06. The van der Waals surface area contributed by atoms with Gasteiger partial charge in [-0.3, -0.25) is 0 Å². The van der Waals surface area contributed by atoms with Gasteiger partial charge in [0, 0.05) is 18.3 Å². The van der Waals surface area contributed by atoms with Crippen molar-refractivity contribution in [3.8, 4) is 16.9 Å². The predicted octanol–water partition coefficient (Wildman–Crippen LogP) is 3.31. The van der Waals surface area contributed by atoms with Crippen molar-refractivity contribution < 1.29 is 0 Å². The molecule has 2 heterocycles. The van der Waals surface area contributed by atoms with Crippen molar-refractivity contribution in [3.63, 3.8) is 0 Å². The van der Waals surface area contributed by atoms with Crippen LogP contribution in [-0.4, -0.2) is 21.8 Å². The second-order valence-corrected chi connectivity index (χ2v) is 5.08. The van der Waals surface area contributed by atoms with Crippen molar-refractivity contribution in [2.24, 2.45) is 0 Å². The SMILES string of the molecule is CNCc1nc(-n2cc(-c3ccccc3)cn2)ccc1Cl. The minimum Gasteiger partial charge on any atom is -0.314 e. The fourth-order valence-corrected chi connectivity index (χ4v) is 2.29. The molecule has 1 N–H and O–H groups in total. The molecule has 4 nitrogen and oxygen atoms in total. The average Bonchev–Trinajstić information content (AvgIpc) is 3.00. The molecule has 1 aromatic carbocycles. The summed E-state index contributed by atoms with van der Waals surface area (Å²) in [5.74, 6) is 0.756. The van der Waals surface area contributed by atoms with Crippen LogP contribution in [0.1, 0.15) is 5.69 Å². The summed E-state index contributed by atoms with van der Waals surface area (Å²) in [6, 6.07) is 13.9. The van der Waals surface area contributed by atoms with Crippen molar-refractivity contribution in [2.45, 2.75) is 6.54 Å². The number of aromatic nitrogens is 3. The normalized spacial score (nSPS) is 10.8. The molecule has 0 aliphatic heterocycles. The highest BCUT2D eigenvalue weighted by Gasteiger charge is 2.07. The van der Waals surface area contributed by atoms with E-state index in [1.165, 1.54) is 0 Å². The van der Waals surface area contributed by atoms with Crippen LogP contribution in [0.3, 0.4) is 0 Å². The van der Waals surface area contributed by atoms with Crippen molar-refractivity contribution in [3.05, 3.63) is 65.6 Å². The Hall–Kier alpha value is -2.17. The summed E-state index contributed by atoms with van der Waals surface area (Å²) < 4.78 is 1.76. The molecule has 0 aliphatic carbocycles. The molecule has 0 radical (unpaired) electrons. The summed E-state index contributed by atoms with van der Waals surface area (Å²) in [5.41, 5.74) is 3.00. The first kappa shape index (κ1) is 13.8. The van der Waals surface area contributed by atoms with Gasteiger partial charge in [0.1, 0.15) is 0 Å². The topological polar surface area (TPSA) is 42.7 Å². The van der Waals surface area contributed by atoms with Crippen LogP contribution in [0.25, 0.3) is 16.9 Å². The lowest BCUT2D eigenvalue weighted by Crippen LogP contribution is -2.09. The van der Waals surface area contributed by atoms with Crippen LogP contribution in [0.2, 0.25) is 5.02 Å². The number of pyridine rings is 1. The molecular formula is C16H15ClN4. The van der Waals surface area contributed by atoms with E-state index in [4.69, 9.17) is 11.6 Å². The predicted molar refractivity (Wildman–Crippen MR) is 84.6 cm³/mol. The van der Waals surface area contributed by atoms with Gasteiger partial charge in [0.25, 0.3) is 0 Å². The maximum absolute atomic E-state index is 6.13. The van der Waals surface area contributed by atoms with Gasteiger partial charge < -0.3 is 5.32 Å². The molecule has 0 fully saturated rings. The minimum absolute atomic E-state index is 0.624. The van der Waals surface area contributed by atoms with Gasteiger partial charge in [0.05, 0.1) is 16.9 Å². The van der Waals surface area contributed by atoms with Crippen LogP contribution in [0.15, 0.2) is 54.9 Å². The molecule has 0 spiro atoms. The molecule has 0 atom stereocenters. The maximum Gasteiger partial charge on any atom is 0.153 e. The molecule has 3 aromatic rings. The van der Waals surface area contributed by atoms with E-state index >= 15 is 0 Å². The molecule has 2 aromatic heterocycles. The zero-order valence-electron chi connectivity index (χ0n) is 11.6. The highest BCUT2D eigenvalue weighted by Crippen LogP contribution is 2.20. The summed E-state index contributed by atoms with van der Waals surface area (Å²) in [7, 11) is 1.87. The van der Waals surface area contributed by atoms with Crippen LogP contribution >= 0.6 is 11.6 Å². The van der Waals surface area contributed by atoms with Crippen molar-refractivity contribution in [1.82, 2.24) is 20.1 Å². The van der Waals surface area contributed by atoms with Crippen LogP contribution in [-0.2, 0) is 6.54 Å². The quantitative estimate of drug-likeness (QED) is 0.803. The third kappa shape index (κ3) is 2.96. The second kappa shape index (κ2) is 6.08. The second-order valence-electron chi connectivity index (χ2n) is 4.67. The number of rotatable bonds is 4. The number of nitrogens with one attached hydrogen (secondary N) is 1. The smallest absolute Gasteiger partial charge is 0.153 e. The van der Waals surface area contributed by atoms with E-state index < -0.39 is 0 Å². The molecule has 0 saturated heterocycles. The Bertz CT molecular complexity index is 737. The lowest BCUT2D eigenvalue weighted by molar-refractivity contribution is 0.770. The molecule has 5 heteroatoms. The molecule has 0 amide bonds.